The van der Waals surface area contributed by atoms with E-state index in [0.29, 0.717) is 16.3 Å². The monoisotopic (exact) mass is 203 g/mol. The minimum absolute atomic E-state index is 0.0235. The molecule has 0 saturated heterocycles. The fourth-order valence-corrected chi connectivity index (χ4v) is 1.61. The number of nitriles is 1. The van der Waals surface area contributed by atoms with Crippen molar-refractivity contribution in [3.8, 4) is 6.07 Å². The third-order valence-electron chi connectivity index (χ3n) is 2.31. The van der Waals surface area contributed by atoms with Gasteiger partial charge in [-0.1, -0.05) is 30.3 Å². The number of fused-ring (bicyclic) bond motifs is 1. The summed E-state index contributed by atoms with van der Waals surface area (Å²) in [5.74, 6) is 0. The van der Waals surface area contributed by atoms with E-state index in [1.807, 2.05) is 6.07 Å². The zero-order chi connectivity index (χ0) is 10.8. The maximum atomic E-state index is 12.6. The van der Waals surface area contributed by atoms with Crippen molar-refractivity contribution in [1.82, 2.24) is 0 Å². The summed E-state index contributed by atoms with van der Waals surface area (Å²) in [5.41, 5.74) is 0.402. The average Bonchev–Trinajstić information content (AvgIpc) is 2.27. The zero-order valence-corrected chi connectivity index (χ0v) is 7.74. The molecule has 3 heteroatoms. The van der Waals surface area contributed by atoms with Crippen molar-refractivity contribution in [3.63, 3.8) is 0 Å². The van der Waals surface area contributed by atoms with Crippen molar-refractivity contribution in [2.75, 3.05) is 0 Å². The molecule has 0 aliphatic carbocycles. The Hall–Kier alpha value is -1.95. The van der Waals surface area contributed by atoms with Gasteiger partial charge in [-0.05, 0) is 16.8 Å². The Morgan fingerprint density at radius 2 is 1.67 bits per heavy atom. The van der Waals surface area contributed by atoms with Gasteiger partial charge >= 0.3 is 0 Å². The van der Waals surface area contributed by atoms with E-state index in [1.165, 1.54) is 12.1 Å². The van der Waals surface area contributed by atoms with Crippen LogP contribution in [-0.4, -0.2) is 0 Å². The molecule has 0 unspecified atom stereocenters. The topological polar surface area (TPSA) is 23.8 Å². The van der Waals surface area contributed by atoms with E-state index in [0.717, 1.165) is 0 Å². The van der Waals surface area contributed by atoms with E-state index < -0.39 is 6.43 Å². The molecule has 0 saturated carbocycles. The molecule has 0 radical (unpaired) electrons. The first-order valence-electron chi connectivity index (χ1n) is 4.44. The first kappa shape index (κ1) is 9.60. The predicted molar refractivity (Wildman–Crippen MR) is 53.6 cm³/mol. The molecule has 2 rings (SSSR count). The minimum atomic E-state index is -2.51. The summed E-state index contributed by atoms with van der Waals surface area (Å²) in [5, 5.41) is 9.86. The number of benzene rings is 2. The molecule has 0 aliphatic heterocycles. The van der Waals surface area contributed by atoms with Crippen molar-refractivity contribution >= 4 is 10.8 Å². The lowest BCUT2D eigenvalue weighted by atomic mass is 10.0. The Bertz CT molecular complexity index is 541. The maximum Gasteiger partial charge on any atom is 0.264 e. The first-order chi connectivity index (χ1) is 7.24. The van der Waals surface area contributed by atoms with Gasteiger partial charge in [-0.15, -0.1) is 0 Å². The van der Waals surface area contributed by atoms with Gasteiger partial charge in [0.25, 0.3) is 6.43 Å². The van der Waals surface area contributed by atoms with Crippen molar-refractivity contribution in [1.29, 1.82) is 5.26 Å². The Kier molecular flexibility index (Phi) is 2.34. The van der Waals surface area contributed by atoms with Gasteiger partial charge < -0.3 is 0 Å². The number of rotatable bonds is 1. The lowest BCUT2D eigenvalue weighted by Crippen LogP contribution is -1.89. The largest absolute Gasteiger partial charge is 0.264 e. The lowest BCUT2D eigenvalue weighted by Gasteiger charge is -2.06. The van der Waals surface area contributed by atoms with Gasteiger partial charge in [0, 0.05) is 5.56 Å². The second-order valence-electron chi connectivity index (χ2n) is 3.16. The number of nitrogens with zero attached hydrogens (tertiary/aromatic N) is 1. The van der Waals surface area contributed by atoms with E-state index in [4.69, 9.17) is 5.26 Å². The van der Waals surface area contributed by atoms with Crippen LogP contribution in [0, 0.1) is 11.3 Å². The Labute approximate surface area is 85.6 Å². The van der Waals surface area contributed by atoms with Crippen molar-refractivity contribution < 1.29 is 8.78 Å². The highest BCUT2D eigenvalue weighted by molar-refractivity contribution is 5.90. The number of hydrogen-bond acceptors (Lipinski definition) is 1. The van der Waals surface area contributed by atoms with E-state index >= 15 is 0 Å². The molecule has 15 heavy (non-hydrogen) atoms. The second-order valence-corrected chi connectivity index (χ2v) is 3.16. The third kappa shape index (κ3) is 1.55. The normalized spacial score (nSPS) is 10.5. The summed E-state index contributed by atoms with van der Waals surface area (Å²) >= 11 is 0. The van der Waals surface area contributed by atoms with Gasteiger partial charge in [-0.3, -0.25) is 0 Å². The molecule has 74 valence electrons. The standard InChI is InChI=1S/C12H7F2N/c13-12(14)11-6-5-8(7-15)9-3-1-2-4-10(9)11/h1-6,12H. The van der Waals surface area contributed by atoms with Crippen LogP contribution in [-0.2, 0) is 0 Å². The molecule has 1 nitrogen and oxygen atoms in total. The Morgan fingerprint density at radius 1 is 1.00 bits per heavy atom. The van der Waals surface area contributed by atoms with Gasteiger partial charge in [0.2, 0.25) is 0 Å². The van der Waals surface area contributed by atoms with E-state index in [1.54, 1.807) is 24.3 Å². The molecule has 0 fully saturated rings. The highest BCUT2D eigenvalue weighted by Gasteiger charge is 2.12. The summed E-state index contributed by atoms with van der Waals surface area (Å²) < 4.78 is 25.3. The van der Waals surface area contributed by atoms with Crippen LogP contribution in [0.3, 0.4) is 0 Å². The molecule has 2 aromatic rings. The Balaban J connectivity index is 2.85. The predicted octanol–water partition coefficient (Wildman–Crippen LogP) is 3.65. The van der Waals surface area contributed by atoms with Crippen molar-refractivity contribution in [2.24, 2.45) is 0 Å². The fraction of sp³-hybridized carbons (Fsp3) is 0.0833. The quantitative estimate of drug-likeness (QED) is 0.694. The van der Waals surface area contributed by atoms with E-state index in [9.17, 15) is 8.78 Å². The highest BCUT2D eigenvalue weighted by atomic mass is 19.3. The second kappa shape index (κ2) is 3.66. The molecule has 0 aromatic heterocycles. The van der Waals surface area contributed by atoms with Gasteiger partial charge in [-0.2, -0.15) is 5.26 Å². The smallest absolute Gasteiger partial charge is 0.205 e. The average molecular weight is 203 g/mol. The fourth-order valence-electron chi connectivity index (χ4n) is 1.61. The number of alkyl halides is 2. The Morgan fingerprint density at radius 3 is 2.27 bits per heavy atom. The van der Waals surface area contributed by atoms with Crippen molar-refractivity contribution in [3.05, 3.63) is 47.5 Å². The minimum Gasteiger partial charge on any atom is -0.205 e. The molecule has 0 heterocycles. The summed E-state index contributed by atoms with van der Waals surface area (Å²) in [6, 6.07) is 11.5. The van der Waals surface area contributed by atoms with E-state index in [-0.39, 0.29) is 5.56 Å². The van der Waals surface area contributed by atoms with Gasteiger partial charge in [0.15, 0.2) is 0 Å². The molecule has 0 N–H and O–H groups in total. The van der Waals surface area contributed by atoms with Crippen LogP contribution in [0.4, 0.5) is 8.78 Å². The molecule has 0 spiro atoms. The van der Waals surface area contributed by atoms with Crippen LogP contribution in [0.1, 0.15) is 17.6 Å². The van der Waals surface area contributed by atoms with Crippen LogP contribution >= 0.6 is 0 Å². The van der Waals surface area contributed by atoms with Crippen LogP contribution in [0.5, 0.6) is 0 Å². The van der Waals surface area contributed by atoms with Crippen LogP contribution in [0.25, 0.3) is 10.8 Å². The zero-order valence-electron chi connectivity index (χ0n) is 7.74. The summed E-state index contributed by atoms with van der Waals surface area (Å²) in [6.07, 6.45) is -2.51. The van der Waals surface area contributed by atoms with Crippen molar-refractivity contribution in [2.45, 2.75) is 6.43 Å². The molecular formula is C12H7F2N. The summed E-state index contributed by atoms with van der Waals surface area (Å²) in [4.78, 5) is 0. The van der Waals surface area contributed by atoms with Gasteiger partial charge in [0.05, 0.1) is 11.6 Å². The summed E-state index contributed by atoms with van der Waals surface area (Å²) in [7, 11) is 0. The van der Waals surface area contributed by atoms with E-state index in [2.05, 4.69) is 0 Å². The molecule has 0 aliphatic rings. The van der Waals surface area contributed by atoms with Gasteiger partial charge in [0.1, 0.15) is 0 Å². The van der Waals surface area contributed by atoms with Crippen LogP contribution < -0.4 is 0 Å². The van der Waals surface area contributed by atoms with Gasteiger partial charge in [-0.25, -0.2) is 8.78 Å². The summed E-state index contributed by atoms with van der Waals surface area (Å²) in [6.45, 7) is 0. The highest BCUT2D eigenvalue weighted by Crippen LogP contribution is 2.29. The van der Waals surface area contributed by atoms with Crippen LogP contribution in [0.2, 0.25) is 0 Å². The first-order valence-corrected chi connectivity index (χ1v) is 4.44. The SMILES string of the molecule is N#Cc1ccc(C(F)F)c2ccccc12. The van der Waals surface area contributed by atoms with Crippen LogP contribution in [0.15, 0.2) is 36.4 Å². The lowest BCUT2D eigenvalue weighted by molar-refractivity contribution is 0.153. The molecular weight excluding hydrogens is 196 g/mol. The molecule has 0 atom stereocenters. The molecule has 0 amide bonds. The number of hydrogen-bond donors (Lipinski definition) is 0. The number of halogens is 2. The third-order valence-corrected chi connectivity index (χ3v) is 2.31. The maximum absolute atomic E-state index is 12.6. The molecule has 0 bridgehead atoms. The molecule has 2 aromatic carbocycles.